The minimum absolute atomic E-state index is 0.973. The highest BCUT2D eigenvalue weighted by atomic mass is 15.4. The Bertz CT molecular complexity index is 279. The van der Waals surface area contributed by atoms with Crippen molar-refractivity contribution in [1.29, 1.82) is 0 Å². The van der Waals surface area contributed by atoms with Gasteiger partial charge in [0.25, 0.3) is 0 Å². The molecule has 0 unspecified atom stereocenters. The van der Waals surface area contributed by atoms with Crippen molar-refractivity contribution in [3.05, 3.63) is 5.82 Å². The van der Waals surface area contributed by atoms with Gasteiger partial charge in [-0.1, -0.05) is 6.92 Å². The first-order chi connectivity index (χ1) is 5.83. The summed E-state index contributed by atoms with van der Waals surface area (Å²) in [7, 11) is 2.07. The molecule has 1 aliphatic heterocycles. The Labute approximate surface area is 72.2 Å². The van der Waals surface area contributed by atoms with E-state index in [9.17, 15) is 0 Å². The summed E-state index contributed by atoms with van der Waals surface area (Å²) in [4.78, 5) is 2.16. The summed E-state index contributed by atoms with van der Waals surface area (Å²) in [5.74, 6) is 2.13. The number of fused-ring (bicyclic) bond motifs is 1. The number of rotatable bonds is 1. The fourth-order valence-corrected chi connectivity index (χ4v) is 1.66. The second kappa shape index (κ2) is 2.77. The fourth-order valence-electron chi connectivity index (χ4n) is 1.66. The monoisotopic (exact) mass is 166 g/mol. The molecule has 1 aliphatic rings. The molecular weight excluding hydrogens is 152 g/mol. The van der Waals surface area contributed by atoms with Crippen molar-refractivity contribution in [3.63, 3.8) is 0 Å². The average molecular weight is 166 g/mol. The topological polar surface area (TPSA) is 34.0 Å². The van der Waals surface area contributed by atoms with Crippen LogP contribution in [0.4, 0.5) is 5.95 Å². The first-order valence-electron chi connectivity index (χ1n) is 4.46. The van der Waals surface area contributed by atoms with Crippen molar-refractivity contribution < 1.29 is 0 Å². The SMILES string of the molecule is CCc1nnc2n1CCCN2C. The van der Waals surface area contributed by atoms with Gasteiger partial charge in [-0.3, -0.25) is 4.57 Å². The van der Waals surface area contributed by atoms with E-state index < -0.39 is 0 Å². The van der Waals surface area contributed by atoms with Gasteiger partial charge >= 0.3 is 0 Å². The van der Waals surface area contributed by atoms with Gasteiger partial charge in [0.2, 0.25) is 5.95 Å². The second-order valence-corrected chi connectivity index (χ2v) is 3.20. The predicted molar refractivity (Wildman–Crippen MR) is 47.3 cm³/mol. The Morgan fingerprint density at radius 2 is 2.17 bits per heavy atom. The largest absolute Gasteiger partial charge is 0.344 e. The minimum Gasteiger partial charge on any atom is -0.344 e. The Morgan fingerprint density at radius 1 is 1.33 bits per heavy atom. The predicted octanol–water partition coefficient (Wildman–Crippen LogP) is 0.680. The summed E-state index contributed by atoms with van der Waals surface area (Å²) in [6.07, 6.45) is 2.18. The van der Waals surface area contributed by atoms with Gasteiger partial charge in [-0.05, 0) is 6.42 Å². The normalized spacial score (nSPS) is 16.3. The fraction of sp³-hybridized carbons (Fsp3) is 0.750. The van der Waals surface area contributed by atoms with Gasteiger partial charge in [0.15, 0.2) is 0 Å². The van der Waals surface area contributed by atoms with Crippen LogP contribution in [0.5, 0.6) is 0 Å². The smallest absolute Gasteiger partial charge is 0.226 e. The van der Waals surface area contributed by atoms with Crippen molar-refractivity contribution in [2.24, 2.45) is 0 Å². The van der Waals surface area contributed by atoms with E-state index in [4.69, 9.17) is 0 Å². The molecule has 0 radical (unpaired) electrons. The maximum absolute atomic E-state index is 4.15. The van der Waals surface area contributed by atoms with E-state index in [-0.39, 0.29) is 0 Å². The number of aromatic nitrogens is 3. The first kappa shape index (κ1) is 7.58. The molecule has 4 heteroatoms. The van der Waals surface area contributed by atoms with Gasteiger partial charge < -0.3 is 4.90 Å². The third-order valence-electron chi connectivity index (χ3n) is 2.34. The zero-order valence-electron chi connectivity index (χ0n) is 7.62. The lowest BCUT2D eigenvalue weighted by atomic mass is 10.3. The summed E-state index contributed by atoms with van der Waals surface area (Å²) >= 11 is 0. The number of nitrogens with zero attached hydrogens (tertiary/aromatic N) is 4. The number of aryl methyl sites for hydroxylation is 1. The average Bonchev–Trinajstić information content (AvgIpc) is 2.49. The van der Waals surface area contributed by atoms with Crippen LogP contribution in [0.1, 0.15) is 19.2 Å². The van der Waals surface area contributed by atoms with Crippen LogP contribution in [0.15, 0.2) is 0 Å². The lowest BCUT2D eigenvalue weighted by Crippen LogP contribution is -2.28. The molecule has 0 spiro atoms. The van der Waals surface area contributed by atoms with Crippen LogP contribution in [0.25, 0.3) is 0 Å². The molecule has 1 aromatic rings. The maximum Gasteiger partial charge on any atom is 0.226 e. The first-order valence-corrected chi connectivity index (χ1v) is 4.46. The third-order valence-corrected chi connectivity index (χ3v) is 2.34. The Kier molecular flexibility index (Phi) is 1.75. The highest BCUT2D eigenvalue weighted by Gasteiger charge is 2.17. The molecule has 0 fully saturated rings. The van der Waals surface area contributed by atoms with Crippen LogP contribution in [0.3, 0.4) is 0 Å². The summed E-state index contributed by atoms with van der Waals surface area (Å²) in [6, 6.07) is 0. The summed E-state index contributed by atoms with van der Waals surface area (Å²) in [6.45, 7) is 4.30. The van der Waals surface area contributed by atoms with Gasteiger partial charge in [0, 0.05) is 26.6 Å². The highest BCUT2D eigenvalue weighted by Crippen LogP contribution is 2.17. The molecule has 66 valence electrons. The molecule has 0 aliphatic carbocycles. The van der Waals surface area contributed by atoms with Crippen LogP contribution >= 0.6 is 0 Å². The minimum atomic E-state index is 0.973. The van der Waals surface area contributed by atoms with Crippen LogP contribution in [0.2, 0.25) is 0 Å². The summed E-state index contributed by atoms with van der Waals surface area (Å²) in [5, 5.41) is 8.29. The maximum atomic E-state index is 4.15. The van der Waals surface area contributed by atoms with Gasteiger partial charge in [-0.15, -0.1) is 10.2 Å². The van der Waals surface area contributed by atoms with Crippen molar-refractivity contribution >= 4 is 5.95 Å². The van der Waals surface area contributed by atoms with E-state index in [0.29, 0.717) is 0 Å². The molecule has 0 atom stereocenters. The molecule has 2 heterocycles. The molecule has 4 nitrogen and oxygen atoms in total. The Balaban J connectivity index is 2.41. The summed E-state index contributed by atoms with van der Waals surface area (Å²) in [5.41, 5.74) is 0. The molecule has 2 rings (SSSR count). The van der Waals surface area contributed by atoms with Crippen LogP contribution in [0, 0.1) is 0 Å². The lowest BCUT2D eigenvalue weighted by molar-refractivity contribution is 0.561. The van der Waals surface area contributed by atoms with Crippen molar-refractivity contribution in [3.8, 4) is 0 Å². The molecule has 0 saturated heterocycles. The van der Waals surface area contributed by atoms with Crippen molar-refractivity contribution in [2.45, 2.75) is 26.3 Å². The third kappa shape index (κ3) is 0.983. The van der Waals surface area contributed by atoms with E-state index in [1.807, 2.05) is 0 Å². The van der Waals surface area contributed by atoms with Gasteiger partial charge in [-0.25, -0.2) is 0 Å². The van der Waals surface area contributed by atoms with Gasteiger partial charge in [0.05, 0.1) is 0 Å². The van der Waals surface area contributed by atoms with Crippen molar-refractivity contribution in [2.75, 3.05) is 18.5 Å². The number of hydrogen-bond donors (Lipinski definition) is 0. The van der Waals surface area contributed by atoms with E-state index in [0.717, 1.165) is 31.3 Å². The molecule has 0 amide bonds. The molecule has 0 saturated carbocycles. The van der Waals surface area contributed by atoms with E-state index >= 15 is 0 Å². The zero-order valence-corrected chi connectivity index (χ0v) is 7.62. The Hall–Kier alpha value is -1.06. The van der Waals surface area contributed by atoms with Crippen LogP contribution < -0.4 is 4.90 Å². The molecule has 0 bridgehead atoms. The van der Waals surface area contributed by atoms with Gasteiger partial charge in [-0.2, -0.15) is 0 Å². The molecule has 0 aromatic carbocycles. The van der Waals surface area contributed by atoms with E-state index in [2.05, 4.69) is 33.6 Å². The van der Waals surface area contributed by atoms with E-state index in [1.165, 1.54) is 6.42 Å². The molecule has 0 N–H and O–H groups in total. The standard InChI is InChI=1S/C8H14N4/c1-3-7-9-10-8-11(2)5-4-6-12(7)8/h3-6H2,1-2H3. The van der Waals surface area contributed by atoms with Crippen molar-refractivity contribution in [1.82, 2.24) is 14.8 Å². The Morgan fingerprint density at radius 3 is 2.92 bits per heavy atom. The second-order valence-electron chi connectivity index (χ2n) is 3.20. The lowest BCUT2D eigenvalue weighted by Gasteiger charge is -2.24. The van der Waals surface area contributed by atoms with E-state index in [1.54, 1.807) is 0 Å². The van der Waals surface area contributed by atoms with Crippen LogP contribution in [-0.4, -0.2) is 28.4 Å². The zero-order chi connectivity index (χ0) is 8.55. The molecule has 1 aromatic heterocycles. The molecular formula is C8H14N4. The highest BCUT2D eigenvalue weighted by molar-refractivity contribution is 5.31. The van der Waals surface area contributed by atoms with Gasteiger partial charge in [0.1, 0.15) is 5.82 Å². The molecule has 12 heavy (non-hydrogen) atoms. The number of hydrogen-bond acceptors (Lipinski definition) is 3. The summed E-state index contributed by atoms with van der Waals surface area (Å²) < 4.78 is 2.21. The number of anilines is 1. The van der Waals surface area contributed by atoms with Crippen LogP contribution in [-0.2, 0) is 13.0 Å². The quantitative estimate of drug-likeness (QED) is 0.615.